The predicted molar refractivity (Wildman–Crippen MR) is 75.1 cm³/mol. The van der Waals surface area contributed by atoms with Crippen molar-refractivity contribution in [2.45, 2.75) is 26.4 Å². The molecule has 5 heteroatoms. The Hall–Kier alpha value is -1.88. The minimum atomic E-state index is -0.0874. The third-order valence-electron chi connectivity index (χ3n) is 3.14. The van der Waals surface area contributed by atoms with E-state index in [0.717, 1.165) is 6.54 Å². The zero-order valence-electron chi connectivity index (χ0n) is 11.6. The summed E-state index contributed by atoms with van der Waals surface area (Å²) in [6, 6.07) is 8.42. The Morgan fingerprint density at radius 2 is 2.21 bits per heavy atom. The second-order valence-corrected chi connectivity index (χ2v) is 4.73. The standard InChI is InChI=1S/C14H20N4O/c1-4-15-13(12-7-5-6-11(2)8-12)9-18-14(19)17(3)10-16-18/h5-8,10,13,15H,4,9H2,1-3H3. The van der Waals surface area contributed by atoms with Crippen LogP contribution >= 0.6 is 0 Å². The summed E-state index contributed by atoms with van der Waals surface area (Å²) in [7, 11) is 1.71. The Kier molecular flexibility index (Phi) is 4.16. The maximum atomic E-state index is 11.8. The lowest BCUT2D eigenvalue weighted by molar-refractivity contribution is 0.437. The second kappa shape index (κ2) is 5.84. The van der Waals surface area contributed by atoms with Gasteiger partial charge in [-0.25, -0.2) is 9.48 Å². The maximum absolute atomic E-state index is 11.8. The van der Waals surface area contributed by atoms with Crippen LogP contribution in [0.25, 0.3) is 0 Å². The highest BCUT2D eigenvalue weighted by Gasteiger charge is 2.13. The van der Waals surface area contributed by atoms with Crippen LogP contribution in [0.2, 0.25) is 0 Å². The number of aromatic nitrogens is 3. The summed E-state index contributed by atoms with van der Waals surface area (Å²) in [5, 5.41) is 7.51. The van der Waals surface area contributed by atoms with Crippen LogP contribution in [0.5, 0.6) is 0 Å². The monoisotopic (exact) mass is 260 g/mol. The molecule has 2 rings (SSSR count). The van der Waals surface area contributed by atoms with Gasteiger partial charge in [0.1, 0.15) is 6.33 Å². The lowest BCUT2D eigenvalue weighted by Crippen LogP contribution is -2.31. The SMILES string of the molecule is CCNC(Cn1ncn(C)c1=O)c1cccc(C)c1. The highest BCUT2D eigenvalue weighted by molar-refractivity contribution is 5.25. The fraction of sp³-hybridized carbons (Fsp3) is 0.429. The molecule has 0 aliphatic carbocycles. The summed E-state index contributed by atoms with van der Waals surface area (Å²) in [6.07, 6.45) is 1.54. The minimum absolute atomic E-state index is 0.0874. The summed E-state index contributed by atoms with van der Waals surface area (Å²) in [5.41, 5.74) is 2.31. The van der Waals surface area contributed by atoms with Gasteiger partial charge in [0.05, 0.1) is 12.6 Å². The fourth-order valence-corrected chi connectivity index (χ4v) is 2.14. The Labute approximate surface area is 112 Å². The largest absolute Gasteiger partial charge is 0.345 e. The van der Waals surface area contributed by atoms with Gasteiger partial charge in [-0.15, -0.1) is 0 Å². The first-order chi connectivity index (χ1) is 9.11. The molecule has 1 aromatic heterocycles. The third-order valence-corrected chi connectivity index (χ3v) is 3.14. The van der Waals surface area contributed by atoms with Gasteiger partial charge >= 0.3 is 5.69 Å². The van der Waals surface area contributed by atoms with Gasteiger partial charge in [0, 0.05) is 7.05 Å². The number of benzene rings is 1. The van der Waals surface area contributed by atoms with E-state index in [9.17, 15) is 4.79 Å². The number of rotatable bonds is 5. The molecule has 0 bridgehead atoms. The number of aryl methyl sites for hydroxylation is 2. The second-order valence-electron chi connectivity index (χ2n) is 4.73. The molecule has 5 nitrogen and oxygen atoms in total. The van der Waals surface area contributed by atoms with Crippen molar-refractivity contribution in [1.82, 2.24) is 19.7 Å². The average Bonchev–Trinajstić information content (AvgIpc) is 2.70. The molecule has 1 aromatic carbocycles. The zero-order valence-corrected chi connectivity index (χ0v) is 11.6. The van der Waals surface area contributed by atoms with Gasteiger partial charge in [-0.05, 0) is 19.0 Å². The molecule has 0 spiro atoms. The van der Waals surface area contributed by atoms with Gasteiger partial charge in [0.15, 0.2) is 0 Å². The Morgan fingerprint density at radius 1 is 1.42 bits per heavy atom. The number of likely N-dealkylation sites (N-methyl/N-ethyl adjacent to an activating group) is 1. The van der Waals surface area contributed by atoms with Crippen LogP contribution < -0.4 is 11.0 Å². The van der Waals surface area contributed by atoms with Crippen LogP contribution in [-0.2, 0) is 13.6 Å². The van der Waals surface area contributed by atoms with Crippen molar-refractivity contribution in [3.05, 3.63) is 52.2 Å². The van der Waals surface area contributed by atoms with Gasteiger partial charge in [-0.2, -0.15) is 5.10 Å². The summed E-state index contributed by atoms with van der Waals surface area (Å²) in [4.78, 5) is 11.8. The highest BCUT2D eigenvalue weighted by Crippen LogP contribution is 2.15. The van der Waals surface area contributed by atoms with Crippen LogP contribution in [0.3, 0.4) is 0 Å². The van der Waals surface area contributed by atoms with Gasteiger partial charge in [0.2, 0.25) is 0 Å². The first kappa shape index (κ1) is 13.5. The average molecular weight is 260 g/mol. The van der Waals surface area contributed by atoms with Gasteiger partial charge < -0.3 is 5.32 Å². The van der Waals surface area contributed by atoms with Gasteiger partial charge in [-0.3, -0.25) is 4.57 Å². The quantitative estimate of drug-likeness (QED) is 0.880. The van der Waals surface area contributed by atoms with E-state index >= 15 is 0 Å². The summed E-state index contributed by atoms with van der Waals surface area (Å²) < 4.78 is 2.98. The molecule has 0 fully saturated rings. The van der Waals surface area contributed by atoms with E-state index in [1.165, 1.54) is 20.4 Å². The number of hydrogen-bond donors (Lipinski definition) is 1. The van der Waals surface area contributed by atoms with E-state index in [1.54, 1.807) is 13.4 Å². The van der Waals surface area contributed by atoms with Crippen LogP contribution in [0.4, 0.5) is 0 Å². The topological polar surface area (TPSA) is 51.9 Å². The molecule has 1 atom stereocenters. The lowest BCUT2D eigenvalue weighted by atomic mass is 10.0. The van der Waals surface area contributed by atoms with Crippen molar-refractivity contribution in [3.8, 4) is 0 Å². The van der Waals surface area contributed by atoms with E-state index in [1.807, 2.05) is 6.07 Å². The molecule has 2 aromatic rings. The van der Waals surface area contributed by atoms with E-state index in [0.29, 0.717) is 6.54 Å². The fourth-order valence-electron chi connectivity index (χ4n) is 2.14. The summed E-state index contributed by atoms with van der Waals surface area (Å²) >= 11 is 0. The molecule has 0 saturated heterocycles. The first-order valence-corrected chi connectivity index (χ1v) is 6.50. The van der Waals surface area contributed by atoms with E-state index in [4.69, 9.17) is 0 Å². The molecular weight excluding hydrogens is 240 g/mol. The van der Waals surface area contributed by atoms with Crippen molar-refractivity contribution >= 4 is 0 Å². The predicted octanol–water partition coefficient (Wildman–Crippen LogP) is 1.24. The smallest absolute Gasteiger partial charge is 0.309 e. The van der Waals surface area contributed by atoms with Crippen molar-refractivity contribution in [2.24, 2.45) is 7.05 Å². The zero-order chi connectivity index (χ0) is 13.8. The van der Waals surface area contributed by atoms with Crippen LogP contribution in [0.1, 0.15) is 24.1 Å². The van der Waals surface area contributed by atoms with Gasteiger partial charge in [-0.1, -0.05) is 36.8 Å². The molecule has 0 aliphatic heterocycles. The van der Waals surface area contributed by atoms with Crippen molar-refractivity contribution < 1.29 is 0 Å². The molecule has 0 saturated carbocycles. The van der Waals surface area contributed by atoms with Crippen LogP contribution in [0, 0.1) is 6.92 Å². The Bertz CT molecular complexity index is 599. The van der Waals surface area contributed by atoms with Crippen molar-refractivity contribution in [1.29, 1.82) is 0 Å². The normalized spacial score (nSPS) is 12.6. The molecule has 0 amide bonds. The lowest BCUT2D eigenvalue weighted by Gasteiger charge is -2.18. The minimum Gasteiger partial charge on any atom is -0.309 e. The molecule has 0 radical (unpaired) electrons. The molecule has 1 heterocycles. The molecule has 1 N–H and O–H groups in total. The molecule has 102 valence electrons. The molecule has 19 heavy (non-hydrogen) atoms. The molecule has 1 unspecified atom stereocenters. The van der Waals surface area contributed by atoms with Gasteiger partial charge in [0.25, 0.3) is 0 Å². The van der Waals surface area contributed by atoms with E-state index in [2.05, 4.69) is 42.5 Å². The number of hydrogen-bond acceptors (Lipinski definition) is 3. The Balaban J connectivity index is 2.26. The summed E-state index contributed by atoms with van der Waals surface area (Å²) in [6.45, 7) is 5.51. The highest BCUT2D eigenvalue weighted by atomic mass is 16.2. The van der Waals surface area contributed by atoms with Crippen molar-refractivity contribution in [2.75, 3.05) is 6.54 Å². The number of nitrogens with zero attached hydrogens (tertiary/aromatic N) is 3. The van der Waals surface area contributed by atoms with E-state index < -0.39 is 0 Å². The van der Waals surface area contributed by atoms with Crippen LogP contribution in [-0.4, -0.2) is 20.9 Å². The summed E-state index contributed by atoms with van der Waals surface area (Å²) in [5.74, 6) is 0. The first-order valence-electron chi connectivity index (χ1n) is 6.50. The Morgan fingerprint density at radius 3 is 2.79 bits per heavy atom. The number of nitrogens with one attached hydrogen (secondary N) is 1. The van der Waals surface area contributed by atoms with Crippen molar-refractivity contribution in [3.63, 3.8) is 0 Å². The third kappa shape index (κ3) is 3.12. The van der Waals surface area contributed by atoms with E-state index in [-0.39, 0.29) is 11.7 Å². The molecular formula is C14H20N4O. The molecule has 0 aliphatic rings. The maximum Gasteiger partial charge on any atom is 0.345 e. The van der Waals surface area contributed by atoms with Crippen LogP contribution in [0.15, 0.2) is 35.4 Å².